The van der Waals surface area contributed by atoms with Crippen molar-refractivity contribution in [2.24, 2.45) is 4.99 Å². The number of hydrogen-bond acceptors (Lipinski definition) is 4. The van der Waals surface area contributed by atoms with E-state index in [1.54, 1.807) is 31.3 Å². The Balaban J connectivity index is 1.87. The third-order valence-corrected chi connectivity index (χ3v) is 5.55. The highest BCUT2D eigenvalue weighted by atomic mass is 32.2. The topological polar surface area (TPSA) is 91.8 Å². The summed E-state index contributed by atoms with van der Waals surface area (Å²) in [6.07, 6.45) is 2.13. The van der Waals surface area contributed by atoms with Gasteiger partial charge in [-0.1, -0.05) is 12.1 Å². The van der Waals surface area contributed by atoms with Crippen LogP contribution in [-0.4, -0.2) is 47.2 Å². The van der Waals surface area contributed by atoms with Gasteiger partial charge in [0, 0.05) is 26.7 Å². The van der Waals surface area contributed by atoms with Gasteiger partial charge in [-0.3, -0.25) is 4.99 Å². The van der Waals surface area contributed by atoms with Crippen molar-refractivity contribution in [3.05, 3.63) is 29.8 Å². The third kappa shape index (κ3) is 4.93. The van der Waals surface area contributed by atoms with E-state index in [-0.39, 0.29) is 10.5 Å². The molecule has 0 radical (unpaired) electrons. The van der Waals surface area contributed by atoms with Gasteiger partial charge in [-0.15, -0.1) is 0 Å². The highest BCUT2D eigenvalue weighted by Crippen LogP contribution is 2.23. The maximum atomic E-state index is 11.7. The van der Waals surface area contributed by atoms with Crippen LogP contribution in [0.5, 0.6) is 0 Å². The maximum absolute atomic E-state index is 11.7. The lowest BCUT2D eigenvalue weighted by atomic mass is 10.0. The van der Waals surface area contributed by atoms with Gasteiger partial charge in [-0.2, -0.15) is 0 Å². The number of aliphatic imine (C=N–C) groups is 1. The number of nitrogens with zero attached hydrogens (tertiary/aromatic N) is 1. The van der Waals surface area contributed by atoms with E-state index in [1.807, 2.05) is 0 Å². The summed E-state index contributed by atoms with van der Waals surface area (Å²) in [5.41, 5.74) is 0.831. The Hall–Kier alpha value is -1.64. The average Bonchev–Trinajstić information content (AvgIpc) is 3.02. The van der Waals surface area contributed by atoms with Gasteiger partial charge in [0.1, 0.15) is 0 Å². The van der Waals surface area contributed by atoms with Gasteiger partial charge in [-0.05, 0) is 44.5 Å². The van der Waals surface area contributed by atoms with Crippen LogP contribution in [0.4, 0.5) is 0 Å². The number of sulfonamides is 1. The molecule has 0 spiro atoms. The first-order chi connectivity index (χ1) is 11.4. The predicted molar refractivity (Wildman–Crippen MR) is 94.5 cm³/mol. The molecule has 1 heterocycles. The Morgan fingerprint density at radius 3 is 2.54 bits per heavy atom. The fourth-order valence-electron chi connectivity index (χ4n) is 2.56. The first kappa shape index (κ1) is 18.7. The number of nitrogens with one attached hydrogen (secondary N) is 3. The fraction of sp³-hybridized carbons (Fsp3) is 0.562. The second kappa shape index (κ2) is 7.96. The summed E-state index contributed by atoms with van der Waals surface area (Å²) in [5, 5.41) is 6.49. The van der Waals surface area contributed by atoms with Crippen molar-refractivity contribution >= 4 is 16.0 Å². The van der Waals surface area contributed by atoms with Crippen LogP contribution in [0.25, 0.3) is 0 Å². The Morgan fingerprint density at radius 1 is 1.29 bits per heavy atom. The van der Waals surface area contributed by atoms with Crippen molar-refractivity contribution < 1.29 is 13.2 Å². The number of hydrogen-bond donors (Lipinski definition) is 3. The van der Waals surface area contributed by atoms with Crippen molar-refractivity contribution in [2.75, 3.05) is 27.2 Å². The van der Waals surface area contributed by atoms with Crippen molar-refractivity contribution in [1.29, 1.82) is 0 Å². The van der Waals surface area contributed by atoms with E-state index in [1.165, 1.54) is 7.05 Å². The predicted octanol–water partition coefficient (Wildman–Crippen LogP) is 0.829. The first-order valence-electron chi connectivity index (χ1n) is 7.99. The summed E-state index contributed by atoms with van der Waals surface area (Å²) in [7, 11) is -0.280. The SMILES string of the molecule is CN=C(NCc1ccc(S(=O)(=O)NC)cc1)NCC1(C)CCCO1. The minimum Gasteiger partial charge on any atom is -0.373 e. The second-order valence-electron chi connectivity index (χ2n) is 6.03. The minimum absolute atomic E-state index is 0.138. The molecule has 1 aliphatic heterocycles. The molecule has 8 heteroatoms. The average molecular weight is 354 g/mol. The van der Waals surface area contributed by atoms with E-state index in [9.17, 15) is 8.42 Å². The zero-order valence-corrected chi connectivity index (χ0v) is 15.2. The second-order valence-corrected chi connectivity index (χ2v) is 7.92. The first-order valence-corrected chi connectivity index (χ1v) is 9.48. The zero-order valence-electron chi connectivity index (χ0n) is 14.4. The molecule has 1 atom stereocenters. The standard InChI is InChI=1S/C16H26N4O3S/c1-16(9-4-10-23-16)12-20-15(17-2)19-11-13-5-7-14(8-6-13)24(21,22)18-3/h5-8,18H,4,9-12H2,1-3H3,(H2,17,19,20). The summed E-state index contributed by atoms with van der Waals surface area (Å²) in [6, 6.07) is 6.75. The number of ether oxygens (including phenoxy) is 1. The molecule has 0 amide bonds. The summed E-state index contributed by atoms with van der Waals surface area (Å²) in [5.74, 6) is 0.693. The van der Waals surface area contributed by atoms with Crippen LogP contribution in [0, 0.1) is 0 Å². The van der Waals surface area contributed by atoms with Gasteiger partial charge in [0.15, 0.2) is 5.96 Å². The van der Waals surface area contributed by atoms with E-state index >= 15 is 0 Å². The number of benzene rings is 1. The van der Waals surface area contributed by atoms with Gasteiger partial charge in [0.05, 0.1) is 10.5 Å². The lowest BCUT2D eigenvalue weighted by Gasteiger charge is -2.24. The molecule has 1 aromatic rings. The van der Waals surface area contributed by atoms with Crippen LogP contribution in [0.2, 0.25) is 0 Å². The number of guanidine groups is 1. The smallest absolute Gasteiger partial charge is 0.240 e. The lowest BCUT2D eigenvalue weighted by molar-refractivity contribution is 0.0243. The highest BCUT2D eigenvalue weighted by Gasteiger charge is 2.29. The Bertz CT molecular complexity index is 665. The molecule has 1 aromatic carbocycles. The quantitative estimate of drug-likeness (QED) is 0.520. The van der Waals surface area contributed by atoms with Crippen LogP contribution in [0.3, 0.4) is 0 Å². The van der Waals surface area contributed by atoms with E-state index in [2.05, 4.69) is 27.3 Å². The summed E-state index contributed by atoms with van der Waals surface area (Å²) < 4.78 is 31.4. The molecule has 134 valence electrons. The Kier molecular flexibility index (Phi) is 6.20. The molecular weight excluding hydrogens is 328 g/mol. The van der Waals surface area contributed by atoms with E-state index in [4.69, 9.17) is 4.74 Å². The lowest BCUT2D eigenvalue weighted by Crippen LogP contribution is -2.45. The monoisotopic (exact) mass is 354 g/mol. The molecule has 0 aliphatic carbocycles. The van der Waals surface area contributed by atoms with Crippen molar-refractivity contribution in [3.63, 3.8) is 0 Å². The molecule has 24 heavy (non-hydrogen) atoms. The van der Waals surface area contributed by atoms with Gasteiger partial charge in [0.25, 0.3) is 0 Å². The van der Waals surface area contributed by atoms with Crippen LogP contribution in [0.1, 0.15) is 25.3 Å². The Labute approximate surface area is 143 Å². The van der Waals surface area contributed by atoms with Gasteiger partial charge in [-0.25, -0.2) is 13.1 Å². The number of rotatable bonds is 6. The molecule has 1 saturated heterocycles. The van der Waals surface area contributed by atoms with Crippen LogP contribution in [-0.2, 0) is 21.3 Å². The molecule has 2 rings (SSSR count). The van der Waals surface area contributed by atoms with Gasteiger partial charge >= 0.3 is 0 Å². The highest BCUT2D eigenvalue weighted by molar-refractivity contribution is 7.89. The molecule has 0 saturated carbocycles. The van der Waals surface area contributed by atoms with Crippen LogP contribution >= 0.6 is 0 Å². The summed E-state index contributed by atoms with van der Waals surface area (Å²) in [6.45, 7) is 4.16. The summed E-state index contributed by atoms with van der Waals surface area (Å²) in [4.78, 5) is 4.45. The Morgan fingerprint density at radius 2 is 2.00 bits per heavy atom. The normalized spacial score (nSPS) is 21.7. The largest absolute Gasteiger partial charge is 0.373 e. The van der Waals surface area contributed by atoms with Crippen LogP contribution < -0.4 is 15.4 Å². The molecule has 3 N–H and O–H groups in total. The van der Waals surface area contributed by atoms with Crippen LogP contribution in [0.15, 0.2) is 34.2 Å². The van der Waals surface area contributed by atoms with Gasteiger partial charge in [0.2, 0.25) is 10.0 Å². The molecule has 0 aromatic heterocycles. The van der Waals surface area contributed by atoms with E-state index < -0.39 is 10.0 Å². The molecular formula is C16H26N4O3S. The maximum Gasteiger partial charge on any atom is 0.240 e. The van der Waals surface area contributed by atoms with Crippen molar-refractivity contribution in [2.45, 2.75) is 36.8 Å². The van der Waals surface area contributed by atoms with Gasteiger partial charge < -0.3 is 15.4 Å². The molecule has 1 aliphatic rings. The fourth-order valence-corrected chi connectivity index (χ4v) is 3.29. The zero-order chi connectivity index (χ0) is 17.6. The molecule has 0 bridgehead atoms. The summed E-state index contributed by atoms with van der Waals surface area (Å²) >= 11 is 0. The third-order valence-electron chi connectivity index (χ3n) is 4.12. The molecule has 7 nitrogen and oxygen atoms in total. The minimum atomic E-state index is -3.40. The van der Waals surface area contributed by atoms with Crippen molar-refractivity contribution in [3.8, 4) is 0 Å². The molecule has 1 fully saturated rings. The van der Waals surface area contributed by atoms with Crippen molar-refractivity contribution in [1.82, 2.24) is 15.4 Å². The molecule has 1 unspecified atom stereocenters. The van der Waals surface area contributed by atoms with E-state index in [0.717, 1.165) is 25.0 Å². The van der Waals surface area contributed by atoms with E-state index in [0.29, 0.717) is 19.0 Å².